The molecule has 0 unspecified atom stereocenters. The summed E-state index contributed by atoms with van der Waals surface area (Å²) < 4.78 is 50.4. The average Bonchev–Trinajstić information content (AvgIpc) is 2.37. The molecular formula is C11H14F2N2O4S. The number of hydrogen-bond acceptors (Lipinski definition) is 4. The van der Waals surface area contributed by atoms with Crippen LogP contribution >= 0.6 is 0 Å². The minimum atomic E-state index is -3.89. The predicted molar refractivity (Wildman–Crippen MR) is 67.0 cm³/mol. The first-order chi connectivity index (χ1) is 9.30. The molecule has 0 atom stereocenters. The summed E-state index contributed by atoms with van der Waals surface area (Å²) in [4.78, 5) is 11.5. The van der Waals surface area contributed by atoms with Crippen molar-refractivity contribution in [3.05, 3.63) is 29.8 Å². The number of carbonyl (C=O) groups excluding carboxylic acids is 1. The molecule has 0 aliphatic rings. The fourth-order valence-corrected chi connectivity index (χ4v) is 1.89. The smallest absolute Gasteiger partial charge is 0.261 e. The van der Waals surface area contributed by atoms with Crippen LogP contribution in [0, 0.1) is 0 Å². The van der Waals surface area contributed by atoms with Gasteiger partial charge >= 0.3 is 0 Å². The normalized spacial score (nSPS) is 11.6. The van der Waals surface area contributed by atoms with E-state index >= 15 is 0 Å². The molecular weight excluding hydrogens is 294 g/mol. The Bertz CT molecular complexity index is 563. The molecule has 1 amide bonds. The Morgan fingerprint density at radius 2 is 2.10 bits per heavy atom. The molecule has 20 heavy (non-hydrogen) atoms. The van der Waals surface area contributed by atoms with Crippen LogP contribution in [0.1, 0.15) is 10.4 Å². The van der Waals surface area contributed by atoms with Crippen molar-refractivity contribution in [2.24, 2.45) is 5.14 Å². The van der Waals surface area contributed by atoms with E-state index in [2.05, 4.69) is 10.1 Å². The van der Waals surface area contributed by atoms with E-state index in [4.69, 9.17) is 5.14 Å². The molecule has 1 rings (SSSR count). The van der Waals surface area contributed by atoms with Gasteiger partial charge in [-0.25, -0.2) is 22.3 Å². The summed E-state index contributed by atoms with van der Waals surface area (Å²) in [6.45, 7) is -0.729. The van der Waals surface area contributed by atoms with Gasteiger partial charge in [0.25, 0.3) is 12.3 Å². The summed E-state index contributed by atoms with van der Waals surface area (Å²) >= 11 is 0. The van der Waals surface area contributed by atoms with Gasteiger partial charge in [0.1, 0.15) is 6.61 Å². The van der Waals surface area contributed by atoms with Gasteiger partial charge in [0.15, 0.2) is 0 Å². The maximum atomic E-state index is 11.8. The van der Waals surface area contributed by atoms with Crippen LogP contribution in [-0.4, -0.2) is 40.5 Å². The number of alkyl halides is 2. The van der Waals surface area contributed by atoms with Crippen molar-refractivity contribution in [3.8, 4) is 0 Å². The first-order valence-electron chi connectivity index (χ1n) is 5.57. The van der Waals surface area contributed by atoms with Crippen LogP contribution in [0.15, 0.2) is 29.2 Å². The molecule has 0 radical (unpaired) electrons. The molecule has 0 saturated heterocycles. The maximum Gasteiger partial charge on any atom is 0.261 e. The van der Waals surface area contributed by atoms with Crippen LogP contribution in [0.25, 0.3) is 0 Å². The van der Waals surface area contributed by atoms with Crippen molar-refractivity contribution < 1.29 is 26.7 Å². The Labute approximate surface area is 115 Å². The van der Waals surface area contributed by atoms with Crippen molar-refractivity contribution in [2.45, 2.75) is 11.3 Å². The number of primary sulfonamides is 1. The van der Waals surface area contributed by atoms with Gasteiger partial charge in [-0.3, -0.25) is 4.79 Å². The molecule has 0 aromatic heterocycles. The molecule has 0 heterocycles. The zero-order chi connectivity index (χ0) is 15.2. The van der Waals surface area contributed by atoms with E-state index in [0.29, 0.717) is 0 Å². The molecule has 0 bridgehead atoms. The zero-order valence-electron chi connectivity index (χ0n) is 10.4. The monoisotopic (exact) mass is 308 g/mol. The van der Waals surface area contributed by atoms with Gasteiger partial charge < -0.3 is 10.1 Å². The van der Waals surface area contributed by atoms with Gasteiger partial charge in [0.05, 0.1) is 11.5 Å². The SMILES string of the molecule is NS(=O)(=O)c1cccc(C(=O)NCCOCC(F)F)c1. The first-order valence-corrected chi connectivity index (χ1v) is 7.12. The summed E-state index contributed by atoms with van der Waals surface area (Å²) in [5.74, 6) is -0.545. The van der Waals surface area contributed by atoms with Crippen LogP contribution in [0.3, 0.4) is 0 Å². The molecule has 3 N–H and O–H groups in total. The van der Waals surface area contributed by atoms with Crippen molar-refractivity contribution in [1.82, 2.24) is 5.32 Å². The molecule has 1 aromatic rings. The standard InChI is InChI=1S/C11H14F2N2O4S/c12-10(13)7-19-5-4-15-11(16)8-2-1-3-9(6-8)20(14,17)18/h1-3,6,10H,4-5,7H2,(H,15,16)(H2,14,17,18). The van der Waals surface area contributed by atoms with Crippen molar-refractivity contribution in [2.75, 3.05) is 19.8 Å². The third-order valence-electron chi connectivity index (χ3n) is 2.20. The minimum absolute atomic E-state index is 0.0329. The van der Waals surface area contributed by atoms with Crippen molar-refractivity contribution in [3.63, 3.8) is 0 Å². The first kappa shape index (κ1) is 16.5. The Morgan fingerprint density at radius 1 is 1.40 bits per heavy atom. The van der Waals surface area contributed by atoms with E-state index in [1.54, 1.807) is 0 Å². The quantitative estimate of drug-likeness (QED) is 0.710. The van der Waals surface area contributed by atoms with E-state index in [9.17, 15) is 22.0 Å². The molecule has 112 valence electrons. The van der Waals surface area contributed by atoms with E-state index in [-0.39, 0.29) is 23.6 Å². The lowest BCUT2D eigenvalue weighted by Crippen LogP contribution is -2.28. The number of benzene rings is 1. The van der Waals surface area contributed by atoms with Crippen LogP contribution in [0.5, 0.6) is 0 Å². The number of sulfonamides is 1. The molecule has 0 aliphatic carbocycles. The fourth-order valence-electron chi connectivity index (χ4n) is 1.33. The highest BCUT2D eigenvalue weighted by Gasteiger charge is 2.11. The lowest BCUT2D eigenvalue weighted by atomic mass is 10.2. The summed E-state index contributed by atoms with van der Waals surface area (Å²) in [5, 5.41) is 7.35. The second-order valence-electron chi connectivity index (χ2n) is 3.79. The predicted octanol–water partition coefficient (Wildman–Crippen LogP) is 0.345. The highest BCUT2D eigenvalue weighted by atomic mass is 32.2. The summed E-state index contributed by atoms with van der Waals surface area (Å²) in [6, 6.07) is 5.18. The lowest BCUT2D eigenvalue weighted by molar-refractivity contribution is 0.0188. The molecule has 0 aliphatic heterocycles. The number of hydrogen-bond donors (Lipinski definition) is 2. The van der Waals surface area contributed by atoms with Gasteiger partial charge in [-0.1, -0.05) is 6.07 Å². The number of rotatable bonds is 7. The van der Waals surface area contributed by atoms with Gasteiger partial charge in [-0.05, 0) is 18.2 Å². The van der Waals surface area contributed by atoms with E-state index in [1.807, 2.05) is 0 Å². The number of carbonyl (C=O) groups is 1. The molecule has 1 aromatic carbocycles. The largest absolute Gasteiger partial charge is 0.374 e. The topological polar surface area (TPSA) is 98.5 Å². The third kappa shape index (κ3) is 5.59. The van der Waals surface area contributed by atoms with Crippen LogP contribution in [0.2, 0.25) is 0 Å². The van der Waals surface area contributed by atoms with E-state index in [1.165, 1.54) is 18.2 Å². The third-order valence-corrected chi connectivity index (χ3v) is 3.11. The number of amides is 1. The summed E-state index contributed by atoms with van der Waals surface area (Å²) in [7, 11) is -3.89. The van der Waals surface area contributed by atoms with Crippen molar-refractivity contribution in [1.29, 1.82) is 0 Å². The van der Waals surface area contributed by atoms with Gasteiger partial charge in [-0.2, -0.15) is 0 Å². The Morgan fingerprint density at radius 3 is 2.70 bits per heavy atom. The van der Waals surface area contributed by atoms with Gasteiger partial charge in [0, 0.05) is 12.1 Å². The van der Waals surface area contributed by atoms with Gasteiger partial charge in [0.2, 0.25) is 10.0 Å². The zero-order valence-corrected chi connectivity index (χ0v) is 11.2. The van der Waals surface area contributed by atoms with E-state index in [0.717, 1.165) is 6.07 Å². The Kier molecular flexibility index (Phi) is 5.99. The second-order valence-corrected chi connectivity index (χ2v) is 5.36. The lowest BCUT2D eigenvalue weighted by Gasteiger charge is -2.07. The average molecular weight is 308 g/mol. The molecule has 0 spiro atoms. The fraction of sp³-hybridized carbons (Fsp3) is 0.364. The number of nitrogens with one attached hydrogen (secondary N) is 1. The van der Waals surface area contributed by atoms with Gasteiger partial charge in [-0.15, -0.1) is 0 Å². The minimum Gasteiger partial charge on any atom is -0.374 e. The molecule has 6 nitrogen and oxygen atoms in total. The molecule has 9 heteroatoms. The Hall–Kier alpha value is -1.58. The molecule has 0 saturated carbocycles. The summed E-state index contributed by atoms with van der Waals surface area (Å²) in [5.41, 5.74) is 0.102. The maximum absolute atomic E-state index is 11.8. The molecule has 0 fully saturated rings. The van der Waals surface area contributed by atoms with Crippen LogP contribution in [-0.2, 0) is 14.8 Å². The Balaban J connectivity index is 2.52. The van der Waals surface area contributed by atoms with Crippen LogP contribution in [0.4, 0.5) is 8.78 Å². The van der Waals surface area contributed by atoms with E-state index < -0.39 is 29.0 Å². The number of nitrogens with two attached hydrogens (primary N) is 1. The summed E-state index contributed by atoms with van der Waals surface area (Å²) in [6.07, 6.45) is -2.56. The number of halogens is 2. The number of ether oxygens (including phenoxy) is 1. The highest BCUT2D eigenvalue weighted by molar-refractivity contribution is 7.89. The van der Waals surface area contributed by atoms with Crippen molar-refractivity contribution >= 4 is 15.9 Å². The van der Waals surface area contributed by atoms with Crippen LogP contribution < -0.4 is 10.5 Å². The highest BCUT2D eigenvalue weighted by Crippen LogP contribution is 2.09. The second kappa shape index (κ2) is 7.27.